The van der Waals surface area contributed by atoms with Gasteiger partial charge in [0.15, 0.2) is 11.5 Å². The molecule has 0 saturated heterocycles. The van der Waals surface area contributed by atoms with E-state index in [1.54, 1.807) is 36.4 Å². The van der Waals surface area contributed by atoms with Gasteiger partial charge in [0.1, 0.15) is 5.82 Å². The first-order valence-corrected chi connectivity index (χ1v) is 8.89. The summed E-state index contributed by atoms with van der Waals surface area (Å²) in [5.41, 5.74) is 1.47. The first-order chi connectivity index (χ1) is 12.5. The second kappa shape index (κ2) is 7.77. The Morgan fingerprint density at radius 3 is 2.69 bits per heavy atom. The normalized spacial score (nSPS) is 14.7. The maximum Gasteiger partial charge on any atom is 0.226 e. The molecule has 0 unspecified atom stereocenters. The van der Waals surface area contributed by atoms with Crippen molar-refractivity contribution in [3.05, 3.63) is 59.4 Å². The lowest BCUT2D eigenvalue weighted by Gasteiger charge is -2.26. The van der Waals surface area contributed by atoms with E-state index < -0.39 is 0 Å². The van der Waals surface area contributed by atoms with Gasteiger partial charge in [0.25, 0.3) is 0 Å². The third kappa shape index (κ3) is 4.15. The maximum atomic E-state index is 13.9. The molecule has 2 aromatic carbocycles. The molecule has 0 heterocycles. The highest BCUT2D eigenvalue weighted by Gasteiger charge is 2.34. The average molecular weight is 357 g/mol. The smallest absolute Gasteiger partial charge is 0.226 e. The molecule has 26 heavy (non-hydrogen) atoms. The molecule has 0 spiro atoms. The first kappa shape index (κ1) is 18.2. The minimum Gasteiger partial charge on any atom is -0.504 e. The van der Waals surface area contributed by atoms with E-state index in [4.69, 9.17) is 4.74 Å². The molecule has 1 N–H and O–H groups in total. The fourth-order valence-electron chi connectivity index (χ4n) is 3.15. The monoisotopic (exact) mass is 357 g/mol. The highest BCUT2D eigenvalue weighted by Crippen LogP contribution is 2.32. The van der Waals surface area contributed by atoms with Crippen LogP contribution in [0.4, 0.5) is 4.39 Å². The van der Waals surface area contributed by atoms with Crippen LogP contribution in [-0.2, 0) is 17.8 Å². The van der Waals surface area contributed by atoms with Crippen molar-refractivity contribution in [1.82, 2.24) is 4.90 Å². The van der Waals surface area contributed by atoms with Crippen molar-refractivity contribution in [2.45, 2.75) is 38.8 Å². The number of ether oxygens (including phenoxy) is 1. The van der Waals surface area contributed by atoms with Crippen LogP contribution in [0.5, 0.6) is 11.5 Å². The van der Waals surface area contributed by atoms with Crippen LogP contribution in [0.3, 0.4) is 0 Å². The van der Waals surface area contributed by atoms with Crippen LogP contribution in [0.1, 0.15) is 30.9 Å². The number of phenols is 1. The second-order valence-corrected chi connectivity index (χ2v) is 6.90. The molecular weight excluding hydrogens is 333 g/mol. The van der Waals surface area contributed by atoms with E-state index in [0.29, 0.717) is 24.3 Å². The van der Waals surface area contributed by atoms with Gasteiger partial charge in [-0.2, -0.15) is 0 Å². The third-order valence-corrected chi connectivity index (χ3v) is 4.77. The second-order valence-electron chi connectivity index (χ2n) is 6.90. The number of carbonyl (C=O) groups excluding carboxylic acids is 1. The summed E-state index contributed by atoms with van der Waals surface area (Å²) in [6.07, 6.45) is 2.37. The molecule has 0 aliphatic heterocycles. The van der Waals surface area contributed by atoms with Crippen LogP contribution in [0.15, 0.2) is 42.5 Å². The van der Waals surface area contributed by atoms with Gasteiger partial charge < -0.3 is 14.7 Å². The molecule has 0 aromatic heterocycles. The van der Waals surface area contributed by atoms with E-state index in [9.17, 15) is 14.3 Å². The summed E-state index contributed by atoms with van der Waals surface area (Å²) in [6.45, 7) is 2.31. The molecular formula is C21H24FNO3. The molecule has 5 heteroatoms. The zero-order chi connectivity index (χ0) is 18.7. The SMILES string of the molecule is COc1cc(CN(C(=O)[C@@H](C)Cc2ccccc2F)C2CC2)ccc1O. The van der Waals surface area contributed by atoms with E-state index in [1.165, 1.54) is 13.2 Å². The van der Waals surface area contributed by atoms with Crippen LogP contribution in [0.25, 0.3) is 0 Å². The Bertz CT molecular complexity index is 789. The molecule has 2 aromatic rings. The Morgan fingerprint density at radius 1 is 1.31 bits per heavy atom. The lowest BCUT2D eigenvalue weighted by Crippen LogP contribution is -2.37. The minimum absolute atomic E-state index is 0.0304. The third-order valence-electron chi connectivity index (χ3n) is 4.77. The number of halogens is 1. The van der Waals surface area contributed by atoms with Crippen LogP contribution in [-0.4, -0.2) is 29.1 Å². The van der Waals surface area contributed by atoms with Crippen LogP contribution >= 0.6 is 0 Å². The molecule has 1 aliphatic rings. The van der Waals surface area contributed by atoms with Crippen LogP contribution in [0.2, 0.25) is 0 Å². The van der Waals surface area contributed by atoms with E-state index in [-0.39, 0.29) is 29.4 Å². The van der Waals surface area contributed by atoms with Crippen molar-refractivity contribution in [2.75, 3.05) is 7.11 Å². The Kier molecular flexibility index (Phi) is 5.45. The summed E-state index contributed by atoms with van der Waals surface area (Å²) >= 11 is 0. The Morgan fingerprint density at radius 2 is 2.04 bits per heavy atom. The summed E-state index contributed by atoms with van der Waals surface area (Å²) in [4.78, 5) is 14.9. The van der Waals surface area contributed by atoms with Crippen molar-refractivity contribution in [2.24, 2.45) is 5.92 Å². The van der Waals surface area contributed by atoms with E-state index in [1.807, 2.05) is 11.8 Å². The van der Waals surface area contributed by atoms with Gasteiger partial charge in [0, 0.05) is 18.5 Å². The highest BCUT2D eigenvalue weighted by atomic mass is 19.1. The standard InChI is InChI=1S/C21H24FNO3/c1-14(11-16-5-3-4-6-18(16)22)21(25)23(17-8-9-17)13-15-7-10-19(24)20(12-15)26-2/h3-7,10,12,14,17,24H,8-9,11,13H2,1-2H3/t14-/m0/s1. The zero-order valence-electron chi connectivity index (χ0n) is 15.1. The molecule has 1 atom stereocenters. The Labute approximate surface area is 153 Å². The van der Waals surface area contributed by atoms with Gasteiger partial charge in [-0.1, -0.05) is 31.2 Å². The molecule has 138 valence electrons. The molecule has 1 aliphatic carbocycles. The topological polar surface area (TPSA) is 49.8 Å². The van der Waals surface area contributed by atoms with E-state index in [2.05, 4.69) is 0 Å². The van der Waals surface area contributed by atoms with Crippen molar-refractivity contribution in [3.8, 4) is 11.5 Å². The predicted molar refractivity (Wildman–Crippen MR) is 97.5 cm³/mol. The van der Waals surface area contributed by atoms with Crippen LogP contribution < -0.4 is 4.74 Å². The van der Waals surface area contributed by atoms with Crippen molar-refractivity contribution >= 4 is 5.91 Å². The Hall–Kier alpha value is -2.56. The number of benzene rings is 2. The molecule has 1 saturated carbocycles. The largest absolute Gasteiger partial charge is 0.504 e. The fraction of sp³-hybridized carbons (Fsp3) is 0.381. The van der Waals surface area contributed by atoms with Crippen molar-refractivity contribution < 1.29 is 19.0 Å². The number of carbonyl (C=O) groups is 1. The minimum atomic E-state index is -0.300. The van der Waals surface area contributed by atoms with E-state index in [0.717, 1.165) is 18.4 Å². The fourth-order valence-corrected chi connectivity index (χ4v) is 3.15. The molecule has 3 rings (SSSR count). The van der Waals surface area contributed by atoms with Gasteiger partial charge >= 0.3 is 0 Å². The lowest BCUT2D eigenvalue weighted by molar-refractivity contribution is -0.136. The first-order valence-electron chi connectivity index (χ1n) is 8.89. The lowest BCUT2D eigenvalue weighted by atomic mass is 9.99. The molecule has 1 fully saturated rings. The van der Waals surface area contributed by atoms with Gasteiger partial charge in [-0.3, -0.25) is 4.79 Å². The summed E-state index contributed by atoms with van der Waals surface area (Å²) in [5.74, 6) is -0.0683. The predicted octanol–water partition coefficient (Wildman–Crippen LogP) is 3.91. The summed E-state index contributed by atoms with van der Waals surface area (Å²) in [7, 11) is 1.50. The maximum absolute atomic E-state index is 13.9. The molecule has 0 bridgehead atoms. The molecule has 1 amide bonds. The molecule has 4 nitrogen and oxygen atoms in total. The van der Waals surface area contributed by atoms with E-state index >= 15 is 0 Å². The number of aromatic hydroxyl groups is 1. The van der Waals surface area contributed by atoms with Gasteiger partial charge in [-0.25, -0.2) is 4.39 Å². The summed E-state index contributed by atoms with van der Waals surface area (Å²) in [5, 5.41) is 9.74. The van der Waals surface area contributed by atoms with Gasteiger partial charge in [0.05, 0.1) is 7.11 Å². The number of nitrogens with zero attached hydrogens (tertiary/aromatic N) is 1. The number of rotatable bonds is 7. The van der Waals surface area contributed by atoms with Gasteiger partial charge in [0.2, 0.25) is 5.91 Å². The van der Waals surface area contributed by atoms with Gasteiger partial charge in [-0.05, 0) is 48.6 Å². The number of phenolic OH excluding ortho intramolecular Hbond substituents is 1. The summed E-state index contributed by atoms with van der Waals surface area (Å²) < 4.78 is 19.0. The summed E-state index contributed by atoms with van der Waals surface area (Å²) in [6, 6.07) is 12.0. The molecule has 0 radical (unpaired) electrons. The quantitative estimate of drug-likeness (QED) is 0.817. The Balaban J connectivity index is 1.73. The highest BCUT2D eigenvalue weighted by molar-refractivity contribution is 5.79. The number of hydrogen-bond donors (Lipinski definition) is 1. The van der Waals surface area contributed by atoms with Crippen LogP contribution in [0, 0.1) is 11.7 Å². The van der Waals surface area contributed by atoms with Crippen molar-refractivity contribution in [3.63, 3.8) is 0 Å². The number of methoxy groups -OCH3 is 1. The average Bonchev–Trinajstić information content (AvgIpc) is 3.47. The number of amides is 1. The van der Waals surface area contributed by atoms with Gasteiger partial charge in [-0.15, -0.1) is 0 Å². The van der Waals surface area contributed by atoms with Crippen molar-refractivity contribution in [1.29, 1.82) is 0 Å². The number of hydrogen-bond acceptors (Lipinski definition) is 3. The zero-order valence-corrected chi connectivity index (χ0v) is 15.1.